The van der Waals surface area contributed by atoms with Crippen LogP contribution in [-0.4, -0.2) is 16.5 Å². The van der Waals surface area contributed by atoms with Crippen molar-refractivity contribution in [1.29, 1.82) is 0 Å². The summed E-state index contributed by atoms with van der Waals surface area (Å²) >= 11 is 7.34. The molecule has 5 nitrogen and oxygen atoms in total. The summed E-state index contributed by atoms with van der Waals surface area (Å²) in [6.07, 6.45) is 1.75. The molecule has 2 rings (SSSR count). The van der Waals surface area contributed by atoms with E-state index in [9.17, 15) is 10.1 Å². The van der Waals surface area contributed by atoms with Gasteiger partial charge in [0.25, 0.3) is 5.69 Å². The summed E-state index contributed by atoms with van der Waals surface area (Å²) in [6, 6.07) is 4.60. The van der Waals surface area contributed by atoms with Gasteiger partial charge >= 0.3 is 0 Å². The topological polar surface area (TPSA) is 68.1 Å². The zero-order valence-electron chi connectivity index (χ0n) is 10.2. The zero-order chi connectivity index (χ0) is 13.8. The number of thiazole rings is 1. The van der Waals surface area contributed by atoms with Gasteiger partial charge in [0.2, 0.25) is 0 Å². The van der Waals surface area contributed by atoms with Crippen LogP contribution < -0.4 is 5.32 Å². The Morgan fingerprint density at radius 3 is 3.00 bits per heavy atom. The van der Waals surface area contributed by atoms with Crippen LogP contribution in [0.25, 0.3) is 0 Å². The highest BCUT2D eigenvalue weighted by Crippen LogP contribution is 2.28. The van der Waals surface area contributed by atoms with Gasteiger partial charge in [-0.15, -0.1) is 11.3 Å². The van der Waals surface area contributed by atoms with Gasteiger partial charge in [-0.05, 0) is 12.1 Å². The van der Waals surface area contributed by atoms with E-state index in [0.717, 1.165) is 5.01 Å². The number of nitro benzene ring substituents is 1. The Hall–Kier alpha value is -1.66. The van der Waals surface area contributed by atoms with E-state index in [1.54, 1.807) is 29.7 Å². The van der Waals surface area contributed by atoms with Gasteiger partial charge in [0.15, 0.2) is 0 Å². The first kappa shape index (κ1) is 13.8. The molecule has 1 aromatic heterocycles. The molecule has 0 radical (unpaired) electrons. The lowest BCUT2D eigenvalue weighted by Gasteiger charge is -2.11. The standard InChI is InChI=1S/C12H12ClN3O2S/c1-8(12-14-4-5-19-12)7-15-10-3-2-9(13)6-11(10)16(17)18/h2-6,8,15H,7H2,1H3. The first-order valence-corrected chi connectivity index (χ1v) is 6.91. The summed E-state index contributed by atoms with van der Waals surface area (Å²) in [6.45, 7) is 2.60. The van der Waals surface area contributed by atoms with Crippen molar-refractivity contribution in [3.05, 3.63) is 49.9 Å². The number of aromatic nitrogens is 1. The van der Waals surface area contributed by atoms with Gasteiger partial charge in [-0.1, -0.05) is 18.5 Å². The molecule has 1 atom stereocenters. The third-order valence-corrected chi connectivity index (χ3v) is 3.87. The van der Waals surface area contributed by atoms with Gasteiger partial charge in [0.1, 0.15) is 5.69 Å². The molecule has 1 aromatic carbocycles. The number of nitro groups is 1. The van der Waals surface area contributed by atoms with E-state index in [1.807, 2.05) is 12.3 Å². The molecule has 0 bridgehead atoms. The highest BCUT2D eigenvalue weighted by Gasteiger charge is 2.15. The van der Waals surface area contributed by atoms with Gasteiger partial charge in [-0.2, -0.15) is 0 Å². The van der Waals surface area contributed by atoms with Crippen molar-refractivity contribution >= 4 is 34.3 Å². The SMILES string of the molecule is CC(CNc1ccc(Cl)cc1[N+](=O)[O-])c1nccs1. The number of halogens is 1. The van der Waals surface area contributed by atoms with Crippen molar-refractivity contribution in [2.45, 2.75) is 12.8 Å². The second-order valence-electron chi connectivity index (χ2n) is 4.07. The van der Waals surface area contributed by atoms with Gasteiger partial charge in [-0.3, -0.25) is 10.1 Å². The molecular formula is C12H12ClN3O2S. The molecule has 0 fully saturated rings. The van der Waals surface area contributed by atoms with E-state index in [1.165, 1.54) is 6.07 Å². The molecule has 0 amide bonds. The van der Waals surface area contributed by atoms with E-state index < -0.39 is 4.92 Å². The Kier molecular flexibility index (Phi) is 4.34. The minimum Gasteiger partial charge on any atom is -0.379 e. The smallest absolute Gasteiger partial charge is 0.293 e. The van der Waals surface area contributed by atoms with Gasteiger partial charge < -0.3 is 5.32 Å². The summed E-state index contributed by atoms with van der Waals surface area (Å²) in [5.74, 6) is 0.190. The molecule has 0 aliphatic carbocycles. The van der Waals surface area contributed by atoms with Crippen molar-refractivity contribution in [3.63, 3.8) is 0 Å². The minimum atomic E-state index is -0.442. The second kappa shape index (κ2) is 5.99. The van der Waals surface area contributed by atoms with Crippen LogP contribution in [0, 0.1) is 10.1 Å². The molecule has 0 aliphatic heterocycles. The molecule has 2 aromatic rings. The average Bonchev–Trinajstić information content (AvgIpc) is 2.90. The molecule has 1 heterocycles. The third-order valence-electron chi connectivity index (χ3n) is 2.63. The first-order chi connectivity index (χ1) is 9.08. The summed E-state index contributed by atoms with van der Waals surface area (Å²) < 4.78 is 0. The molecular weight excluding hydrogens is 286 g/mol. The Morgan fingerprint density at radius 1 is 1.58 bits per heavy atom. The van der Waals surface area contributed by atoms with Crippen molar-refractivity contribution in [2.75, 3.05) is 11.9 Å². The van der Waals surface area contributed by atoms with Gasteiger partial charge in [0.05, 0.1) is 9.93 Å². The predicted octanol–water partition coefficient (Wildman–Crippen LogP) is 3.92. The summed E-state index contributed by atoms with van der Waals surface area (Å²) in [7, 11) is 0. The molecule has 1 unspecified atom stereocenters. The molecule has 19 heavy (non-hydrogen) atoms. The minimum absolute atomic E-state index is 0.0150. The Morgan fingerprint density at radius 2 is 2.37 bits per heavy atom. The summed E-state index contributed by atoms with van der Waals surface area (Å²) in [4.78, 5) is 14.7. The Labute approximate surface area is 119 Å². The number of rotatable bonds is 5. The van der Waals surface area contributed by atoms with Gasteiger partial charge in [0, 0.05) is 35.1 Å². The van der Waals surface area contributed by atoms with Crippen LogP contribution in [0.4, 0.5) is 11.4 Å². The van der Waals surface area contributed by atoms with Crippen LogP contribution in [0.2, 0.25) is 5.02 Å². The maximum Gasteiger partial charge on any atom is 0.293 e. The number of benzene rings is 1. The number of nitrogens with one attached hydrogen (secondary N) is 1. The van der Waals surface area contributed by atoms with Crippen molar-refractivity contribution in [2.24, 2.45) is 0 Å². The van der Waals surface area contributed by atoms with Crippen LogP contribution in [-0.2, 0) is 0 Å². The Balaban J connectivity index is 2.09. The zero-order valence-corrected chi connectivity index (χ0v) is 11.7. The molecule has 0 saturated heterocycles. The lowest BCUT2D eigenvalue weighted by molar-refractivity contribution is -0.383. The van der Waals surface area contributed by atoms with E-state index in [0.29, 0.717) is 17.3 Å². The average molecular weight is 298 g/mol. The highest BCUT2D eigenvalue weighted by molar-refractivity contribution is 7.09. The van der Waals surface area contributed by atoms with Crippen LogP contribution in [0.5, 0.6) is 0 Å². The van der Waals surface area contributed by atoms with Crippen molar-refractivity contribution < 1.29 is 4.92 Å². The van der Waals surface area contributed by atoms with E-state index in [4.69, 9.17) is 11.6 Å². The first-order valence-electron chi connectivity index (χ1n) is 5.65. The van der Waals surface area contributed by atoms with Crippen LogP contribution in [0.15, 0.2) is 29.8 Å². The number of hydrogen-bond acceptors (Lipinski definition) is 5. The fourth-order valence-electron chi connectivity index (χ4n) is 1.63. The van der Waals surface area contributed by atoms with E-state index in [2.05, 4.69) is 10.3 Å². The lowest BCUT2D eigenvalue weighted by atomic mass is 10.2. The molecule has 0 saturated carbocycles. The van der Waals surface area contributed by atoms with Crippen molar-refractivity contribution in [1.82, 2.24) is 4.98 Å². The van der Waals surface area contributed by atoms with Crippen LogP contribution in [0.1, 0.15) is 17.8 Å². The van der Waals surface area contributed by atoms with E-state index >= 15 is 0 Å². The molecule has 0 aliphatic rings. The normalized spacial score (nSPS) is 12.1. The second-order valence-corrected chi connectivity index (χ2v) is 5.43. The van der Waals surface area contributed by atoms with Crippen molar-refractivity contribution in [3.8, 4) is 0 Å². The number of hydrogen-bond donors (Lipinski definition) is 1. The monoisotopic (exact) mass is 297 g/mol. The maximum atomic E-state index is 10.9. The predicted molar refractivity (Wildman–Crippen MR) is 77.1 cm³/mol. The maximum absolute atomic E-state index is 10.9. The highest BCUT2D eigenvalue weighted by atomic mass is 35.5. The molecule has 1 N–H and O–H groups in total. The fourth-order valence-corrected chi connectivity index (χ4v) is 2.50. The number of nitrogens with zero attached hydrogens (tertiary/aromatic N) is 2. The number of anilines is 1. The van der Waals surface area contributed by atoms with E-state index in [-0.39, 0.29) is 11.6 Å². The third kappa shape index (κ3) is 3.42. The quantitative estimate of drug-likeness (QED) is 0.671. The fraction of sp³-hybridized carbons (Fsp3) is 0.250. The molecule has 100 valence electrons. The van der Waals surface area contributed by atoms with Gasteiger partial charge in [-0.25, -0.2) is 4.98 Å². The molecule has 7 heteroatoms. The van der Waals surface area contributed by atoms with Crippen LogP contribution >= 0.6 is 22.9 Å². The summed E-state index contributed by atoms with van der Waals surface area (Å²) in [5.41, 5.74) is 0.455. The van der Waals surface area contributed by atoms with Crippen LogP contribution in [0.3, 0.4) is 0 Å². The lowest BCUT2D eigenvalue weighted by Crippen LogP contribution is -2.10. The summed E-state index contributed by atoms with van der Waals surface area (Å²) in [5, 5.41) is 17.3. The Bertz CT molecular complexity index is 574. The largest absolute Gasteiger partial charge is 0.379 e. The molecule has 0 spiro atoms.